The Morgan fingerprint density at radius 3 is 2.00 bits per heavy atom. The molecule has 0 aromatic heterocycles. The van der Waals surface area contributed by atoms with E-state index < -0.39 is 41.2 Å². The van der Waals surface area contributed by atoms with Crippen molar-refractivity contribution in [3.63, 3.8) is 0 Å². The number of rotatable bonds is 3. The SMILES string of the molecule is CC.CC.CC[C@H]1OC(=O)C(C)C(=O)C[C@@H](C)[C@](C)(OC)C[C@@H](C)/C(=N\OC)C(C)C(O)[C@]1(C)O. The minimum absolute atomic E-state index is 0.148. The number of nitrogens with zero attached hydrogens (tertiary/aromatic N) is 1. The Labute approximate surface area is 213 Å². The number of aliphatic hydroxyl groups is 2. The zero-order chi connectivity index (χ0) is 28.1. The largest absolute Gasteiger partial charge is 0.459 e. The predicted molar refractivity (Wildman–Crippen MR) is 140 cm³/mol. The second kappa shape index (κ2) is 16.3. The Morgan fingerprint density at radius 2 is 1.57 bits per heavy atom. The van der Waals surface area contributed by atoms with Crippen molar-refractivity contribution in [2.45, 2.75) is 119 Å². The molecule has 8 heteroatoms. The number of aliphatic hydroxyl groups excluding tert-OH is 1. The lowest BCUT2D eigenvalue weighted by Crippen LogP contribution is -2.56. The van der Waals surface area contributed by atoms with E-state index in [-0.39, 0.29) is 30.5 Å². The van der Waals surface area contributed by atoms with Crippen LogP contribution < -0.4 is 0 Å². The molecular weight excluding hydrogens is 450 g/mol. The number of esters is 1. The van der Waals surface area contributed by atoms with Crippen LogP contribution in [0.2, 0.25) is 0 Å². The molecule has 0 spiro atoms. The number of carbonyl (C=O) groups is 2. The highest BCUT2D eigenvalue weighted by Gasteiger charge is 2.47. The minimum Gasteiger partial charge on any atom is -0.459 e. The molecule has 1 aliphatic rings. The highest BCUT2D eigenvalue weighted by molar-refractivity contribution is 5.98. The van der Waals surface area contributed by atoms with Crippen LogP contribution in [0.1, 0.15) is 95.4 Å². The van der Waals surface area contributed by atoms with Gasteiger partial charge in [-0.15, -0.1) is 0 Å². The monoisotopic (exact) mass is 503 g/mol. The van der Waals surface area contributed by atoms with Gasteiger partial charge in [0.15, 0.2) is 0 Å². The molecule has 0 aliphatic carbocycles. The van der Waals surface area contributed by atoms with Crippen LogP contribution in [-0.2, 0) is 23.9 Å². The minimum atomic E-state index is -1.76. The molecule has 0 amide bonds. The Hall–Kier alpha value is -1.51. The van der Waals surface area contributed by atoms with Crippen molar-refractivity contribution in [3.05, 3.63) is 0 Å². The van der Waals surface area contributed by atoms with Gasteiger partial charge in [0.05, 0.1) is 17.4 Å². The highest BCUT2D eigenvalue weighted by atomic mass is 16.6. The first kappa shape index (κ1) is 35.7. The number of methoxy groups -OCH3 is 1. The number of ketones is 1. The molecule has 1 heterocycles. The Balaban J connectivity index is 0. The molecule has 0 bridgehead atoms. The summed E-state index contributed by atoms with van der Waals surface area (Å²) >= 11 is 0. The van der Waals surface area contributed by atoms with Crippen LogP contribution in [0, 0.1) is 23.7 Å². The third-order valence-electron chi connectivity index (χ3n) is 7.09. The van der Waals surface area contributed by atoms with E-state index >= 15 is 0 Å². The molecule has 0 aromatic carbocycles. The lowest BCUT2D eigenvalue weighted by molar-refractivity contribution is -0.186. The molecule has 3 unspecified atom stereocenters. The summed E-state index contributed by atoms with van der Waals surface area (Å²) in [7, 11) is 3.02. The summed E-state index contributed by atoms with van der Waals surface area (Å²) in [4.78, 5) is 30.6. The van der Waals surface area contributed by atoms with Crippen LogP contribution in [0.25, 0.3) is 0 Å². The lowest BCUT2D eigenvalue weighted by Gasteiger charge is -2.41. The maximum absolute atomic E-state index is 12.8. The van der Waals surface area contributed by atoms with E-state index in [9.17, 15) is 19.8 Å². The summed E-state index contributed by atoms with van der Waals surface area (Å²) in [5, 5.41) is 26.4. The maximum atomic E-state index is 12.8. The van der Waals surface area contributed by atoms with Gasteiger partial charge in [-0.3, -0.25) is 9.59 Å². The summed E-state index contributed by atoms with van der Waals surface area (Å²) < 4.78 is 11.3. The number of cyclic esters (lactones) is 1. The average Bonchev–Trinajstić information content (AvgIpc) is 2.85. The van der Waals surface area contributed by atoms with Gasteiger partial charge in [-0.05, 0) is 39.5 Å². The van der Waals surface area contributed by atoms with Crippen molar-refractivity contribution in [1.82, 2.24) is 0 Å². The molecule has 1 fully saturated rings. The van der Waals surface area contributed by atoms with Gasteiger partial charge in [-0.1, -0.05) is 60.5 Å². The summed E-state index contributed by atoms with van der Waals surface area (Å²) in [6, 6.07) is 0. The smallest absolute Gasteiger partial charge is 0.316 e. The molecule has 35 heavy (non-hydrogen) atoms. The Bertz CT molecular complexity index is 664. The fourth-order valence-corrected chi connectivity index (χ4v) is 4.47. The van der Waals surface area contributed by atoms with Crippen LogP contribution in [0.5, 0.6) is 0 Å². The topological polar surface area (TPSA) is 115 Å². The molecule has 1 saturated heterocycles. The van der Waals surface area contributed by atoms with Crippen molar-refractivity contribution in [1.29, 1.82) is 0 Å². The van der Waals surface area contributed by atoms with Gasteiger partial charge in [-0.2, -0.15) is 0 Å². The van der Waals surface area contributed by atoms with E-state index in [2.05, 4.69) is 5.16 Å². The molecule has 8 atom stereocenters. The second-order valence-corrected chi connectivity index (χ2v) is 9.41. The number of oxime groups is 1. The molecule has 1 rings (SSSR count). The van der Waals surface area contributed by atoms with Gasteiger partial charge in [0.2, 0.25) is 0 Å². The summed E-state index contributed by atoms with van der Waals surface area (Å²) in [6.07, 6.45) is -1.35. The van der Waals surface area contributed by atoms with Gasteiger partial charge in [0.25, 0.3) is 0 Å². The van der Waals surface area contributed by atoms with Crippen LogP contribution in [0.3, 0.4) is 0 Å². The van der Waals surface area contributed by atoms with Crippen molar-refractivity contribution in [2.24, 2.45) is 28.8 Å². The first-order valence-electron chi connectivity index (χ1n) is 13.1. The maximum Gasteiger partial charge on any atom is 0.316 e. The van der Waals surface area contributed by atoms with Crippen molar-refractivity contribution < 1.29 is 34.1 Å². The van der Waals surface area contributed by atoms with Gasteiger partial charge >= 0.3 is 5.97 Å². The molecule has 0 aromatic rings. The number of hydrogen-bond acceptors (Lipinski definition) is 8. The molecular formula is C27H53NO7. The summed E-state index contributed by atoms with van der Waals surface area (Å²) in [5.41, 5.74) is -1.89. The summed E-state index contributed by atoms with van der Waals surface area (Å²) in [5.74, 6) is -2.88. The van der Waals surface area contributed by atoms with Crippen molar-refractivity contribution >= 4 is 17.5 Å². The Morgan fingerprint density at radius 1 is 1.06 bits per heavy atom. The van der Waals surface area contributed by atoms with Gasteiger partial charge in [0.1, 0.15) is 30.5 Å². The Kier molecular flexibility index (Phi) is 16.6. The zero-order valence-corrected chi connectivity index (χ0v) is 24.5. The lowest BCUT2D eigenvalue weighted by atomic mass is 9.74. The predicted octanol–water partition coefficient (Wildman–Crippen LogP) is 4.79. The van der Waals surface area contributed by atoms with Crippen LogP contribution >= 0.6 is 0 Å². The van der Waals surface area contributed by atoms with Crippen LogP contribution in [0.4, 0.5) is 0 Å². The molecule has 1 aliphatic heterocycles. The van der Waals surface area contributed by atoms with Crippen molar-refractivity contribution in [2.75, 3.05) is 14.2 Å². The molecule has 8 nitrogen and oxygen atoms in total. The van der Waals surface area contributed by atoms with E-state index in [4.69, 9.17) is 14.3 Å². The number of hydrogen-bond donors (Lipinski definition) is 2. The van der Waals surface area contributed by atoms with Crippen LogP contribution in [0.15, 0.2) is 5.16 Å². The fourth-order valence-electron chi connectivity index (χ4n) is 4.47. The normalized spacial score (nSPS) is 38.2. The fraction of sp³-hybridized carbons (Fsp3) is 0.889. The van der Waals surface area contributed by atoms with E-state index in [1.807, 2.05) is 48.5 Å². The average molecular weight is 504 g/mol. The zero-order valence-electron chi connectivity index (χ0n) is 24.5. The van der Waals surface area contributed by atoms with Crippen LogP contribution in [-0.4, -0.2) is 65.3 Å². The van der Waals surface area contributed by atoms with E-state index in [0.717, 1.165) is 0 Å². The van der Waals surface area contributed by atoms with E-state index in [1.54, 1.807) is 21.0 Å². The number of ether oxygens (including phenoxy) is 2. The first-order chi connectivity index (χ1) is 16.3. The number of carbonyl (C=O) groups excluding carboxylic acids is 2. The quantitative estimate of drug-likeness (QED) is 0.323. The third kappa shape index (κ3) is 9.14. The molecule has 2 N–H and O–H groups in total. The molecule has 208 valence electrons. The van der Waals surface area contributed by atoms with Gasteiger partial charge in [-0.25, -0.2) is 0 Å². The van der Waals surface area contributed by atoms with E-state index in [0.29, 0.717) is 12.1 Å². The van der Waals surface area contributed by atoms with Gasteiger partial charge < -0.3 is 24.5 Å². The van der Waals surface area contributed by atoms with E-state index in [1.165, 1.54) is 21.0 Å². The summed E-state index contributed by atoms with van der Waals surface area (Å²) in [6.45, 7) is 20.2. The highest BCUT2D eigenvalue weighted by Crippen LogP contribution is 2.36. The second-order valence-electron chi connectivity index (χ2n) is 9.41. The third-order valence-corrected chi connectivity index (χ3v) is 7.09. The molecule has 0 saturated carbocycles. The molecule has 0 radical (unpaired) electrons. The number of Topliss-reactive ketones (excluding diaryl/α,β-unsaturated/α-hetero) is 1. The first-order valence-corrected chi connectivity index (χ1v) is 13.1. The van der Waals surface area contributed by atoms with Crippen molar-refractivity contribution in [3.8, 4) is 0 Å². The standard InChI is InChI=1S/C23H41NO7.2C2H6/c1-10-18-23(7,28)20(26)16(5)19(24-30-9)13(2)12-22(6,29-8)14(3)11-17(25)15(4)21(27)31-18;2*1-2/h13-16,18,20,26,28H,10-12H2,1-9H3;2*1-2H3/b24-19+;;/t13-,14-,15?,16?,18-,20?,22-,23-;;/m1../s1. The van der Waals surface area contributed by atoms with Gasteiger partial charge in [0, 0.05) is 25.4 Å².